The molecule has 0 bridgehead atoms. The molecule has 1 atom stereocenters. The summed E-state index contributed by atoms with van der Waals surface area (Å²) in [6.45, 7) is 6.74. The van der Waals surface area contributed by atoms with Gasteiger partial charge in [0, 0.05) is 27.5 Å². The van der Waals surface area contributed by atoms with Gasteiger partial charge in [0.15, 0.2) is 0 Å². The fourth-order valence-electron chi connectivity index (χ4n) is 10.5. The summed E-state index contributed by atoms with van der Waals surface area (Å²) in [5, 5.41) is 7.31. The highest BCUT2D eigenvalue weighted by atomic mass is 19.1. The molecule has 0 saturated carbocycles. The fourth-order valence-corrected chi connectivity index (χ4v) is 10.5. The standard InChI is InChI=1S/C55H39FN2/c1-54(2,3)35-24-28-37(29-25-35)57(38-30-26-36(56)27-31-38)50-33-47-52(42-17-7-6-15-40(42)50)51-39-14-5-4-13-34(39)23-32-45(51)55(47)44-19-9-11-22-49(44)58-48-21-10-8-16-41(48)43-18-12-20-46(55)53(43)58/h4-33H,1-3H3. The number of rotatable bonds is 3. The van der Waals surface area contributed by atoms with Crippen LogP contribution >= 0.6 is 0 Å². The Hall–Kier alpha value is -6.97. The van der Waals surface area contributed by atoms with Crippen molar-refractivity contribution < 1.29 is 4.39 Å². The first kappa shape index (κ1) is 33.2. The molecule has 58 heavy (non-hydrogen) atoms. The zero-order valence-electron chi connectivity index (χ0n) is 32.6. The van der Waals surface area contributed by atoms with Gasteiger partial charge in [-0.25, -0.2) is 4.39 Å². The quantitative estimate of drug-likeness (QED) is 0.175. The third-order valence-corrected chi connectivity index (χ3v) is 13.0. The Kier molecular flexibility index (Phi) is 6.74. The lowest BCUT2D eigenvalue weighted by Gasteiger charge is -2.40. The second-order valence-electron chi connectivity index (χ2n) is 17.0. The van der Waals surface area contributed by atoms with Crippen molar-refractivity contribution in [1.82, 2.24) is 4.57 Å². The molecule has 2 aliphatic rings. The second-order valence-corrected chi connectivity index (χ2v) is 17.0. The van der Waals surface area contributed by atoms with E-state index in [1.54, 1.807) is 12.1 Å². The van der Waals surface area contributed by atoms with Crippen LogP contribution in [0, 0.1) is 5.82 Å². The molecule has 9 aromatic carbocycles. The van der Waals surface area contributed by atoms with E-state index in [9.17, 15) is 4.39 Å². The molecule has 1 aliphatic heterocycles. The molecule has 0 saturated heterocycles. The van der Waals surface area contributed by atoms with Crippen molar-refractivity contribution in [3.63, 3.8) is 0 Å². The van der Waals surface area contributed by atoms with Crippen molar-refractivity contribution in [2.24, 2.45) is 0 Å². The van der Waals surface area contributed by atoms with Crippen LogP contribution in [0.2, 0.25) is 0 Å². The van der Waals surface area contributed by atoms with Crippen molar-refractivity contribution >= 4 is 60.4 Å². The van der Waals surface area contributed by atoms with Gasteiger partial charge in [-0.15, -0.1) is 0 Å². The fraction of sp³-hybridized carbons (Fsp3) is 0.0909. The number of aromatic nitrogens is 1. The monoisotopic (exact) mass is 746 g/mol. The van der Waals surface area contributed by atoms with Gasteiger partial charge < -0.3 is 9.47 Å². The SMILES string of the molecule is CC(C)(C)c1ccc(N(c2ccc(F)cc2)c2cc3c(c4ccccc24)-c2c(ccc4ccccc24)C32c3ccccc3-n3c4ccccc4c4cccc2c43)cc1. The Bertz CT molecular complexity index is 3330. The summed E-state index contributed by atoms with van der Waals surface area (Å²) in [6.07, 6.45) is 0. The van der Waals surface area contributed by atoms with Gasteiger partial charge in [-0.3, -0.25) is 0 Å². The molecular weight excluding hydrogens is 708 g/mol. The summed E-state index contributed by atoms with van der Waals surface area (Å²) in [6, 6.07) is 65.6. The number of para-hydroxylation sites is 3. The molecule has 0 radical (unpaired) electrons. The van der Waals surface area contributed by atoms with Gasteiger partial charge in [-0.1, -0.05) is 148 Å². The molecule has 10 aromatic rings. The molecule has 1 aromatic heterocycles. The maximum atomic E-state index is 14.7. The lowest BCUT2D eigenvalue weighted by molar-refractivity contribution is 0.590. The summed E-state index contributed by atoms with van der Waals surface area (Å²) < 4.78 is 17.2. The maximum Gasteiger partial charge on any atom is 0.123 e. The average molecular weight is 747 g/mol. The van der Waals surface area contributed by atoms with Crippen molar-refractivity contribution in [3.8, 4) is 16.8 Å². The molecule has 0 fully saturated rings. The predicted octanol–water partition coefficient (Wildman–Crippen LogP) is 14.7. The Morgan fingerprint density at radius 1 is 0.483 bits per heavy atom. The smallest absolute Gasteiger partial charge is 0.123 e. The van der Waals surface area contributed by atoms with Gasteiger partial charge in [0.2, 0.25) is 0 Å². The van der Waals surface area contributed by atoms with Crippen molar-refractivity contribution in [2.45, 2.75) is 31.6 Å². The molecule has 2 nitrogen and oxygen atoms in total. The van der Waals surface area contributed by atoms with Crippen LogP contribution in [0.25, 0.3) is 60.2 Å². The average Bonchev–Trinajstić information content (AvgIpc) is 3.75. The molecule has 2 heterocycles. The number of hydrogen-bond acceptors (Lipinski definition) is 1. The Balaban J connectivity index is 1.28. The van der Waals surface area contributed by atoms with Crippen LogP contribution in [0.15, 0.2) is 182 Å². The first-order valence-electron chi connectivity index (χ1n) is 20.2. The van der Waals surface area contributed by atoms with Crippen LogP contribution < -0.4 is 4.90 Å². The van der Waals surface area contributed by atoms with Gasteiger partial charge in [0.1, 0.15) is 5.82 Å². The Morgan fingerprint density at radius 3 is 1.86 bits per heavy atom. The third-order valence-electron chi connectivity index (χ3n) is 13.0. The highest BCUT2D eigenvalue weighted by Gasteiger charge is 2.52. The molecule has 276 valence electrons. The van der Waals surface area contributed by atoms with E-state index in [0.29, 0.717) is 0 Å². The van der Waals surface area contributed by atoms with Crippen molar-refractivity contribution in [1.29, 1.82) is 0 Å². The summed E-state index contributed by atoms with van der Waals surface area (Å²) in [5.41, 5.74) is 14.9. The number of fused-ring (bicyclic) bond motifs is 16. The summed E-state index contributed by atoms with van der Waals surface area (Å²) >= 11 is 0. The normalized spacial score (nSPS) is 15.3. The van der Waals surface area contributed by atoms with E-state index < -0.39 is 5.41 Å². The van der Waals surface area contributed by atoms with Gasteiger partial charge in [0.25, 0.3) is 0 Å². The van der Waals surface area contributed by atoms with E-state index >= 15 is 0 Å². The topological polar surface area (TPSA) is 8.17 Å². The van der Waals surface area contributed by atoms with Crippen LogP contribution in [0.4, 0.5) is 21.5 Å². The molecule has 1 unspecified atom stereocenters. The first-order chi connectivity index (χ1) is 28.3. The molecule has 0 N–H and O–H groups in total. The van der Waals surface area contributed by atoms with Gasteiger partial charge in [0.05, 0.1) is 27.8 Å². The number of hydrogen-bond donors (Lipinski definition) is 0. The third kappa shape index (κ3) is 4.31. The highest BCUT2D eigenvalue weighted by molar-refractivity contribution is 6.18. The first-order valence-corrected chi connectivity index (χ1v) is 20.2. The van der Waals surface area contributed by atoms with Crippen LogP contribution in [0.3, 0.4) is 0 Å². The molecule has 12 rings (SSSR count). The van der Waals surface area contributed by atoms with Crippen LogP contribution in [0.1, 0.15) is 48.6 Å². The molecule has 1 aliphatic carbocycles. The molecule has 0 amide bonds. The van der Waals surface area contributed by atoms with Crippen molar-refractivity contribution in [3.05, 3.63) is 216 Å². The Labute approximate surface area is 337 Å². The minimum absolute atomic E-state index is 0.00169. The summed E-state index contributed by atoms with van der Waals surface area (Å²) in [4.78, 5) is 2.33. The second kappa shape index (κ2) is 11.8. The Morgan fingerprint density at radius 2 is 1.09 bits per heavy atom. The maximum absolute atomic E-state index is 14.7. The number of halogens is 1. The molecule has 1 spiro atoms. The predicted molar refractivity (Wildman–Crippen MR) is 240 cm³/mol. The highest BCUT2D eigenvalue weighted by Crippen LogP contribution is 2.64. The number of anilines is 3. The van der Waals surface area contributed by atoms with E-state index in [-0.39, 0.29) is 11.2 Å². The minimum atomic E-state index is -0.654. The van der Waals surface area contributed by atoms with E-state index in [1.165, 1.54) is 82.6 Å². The summed E-state index contributed by atoms with van der Waals surface area (Å²) in [7, 11) is 0. The number of benzene rings is 9. The van der Waals surface area contributed by atoms with Gasteiger partial charge in [-0.2, -0.15) is 0 Å². The van der Waals surface area contributed by atoms with E-state index in [2.05, 4.69) is 188 Å². The largest absolute Gasteiger partial charge is 0.310 e. The van der Waals surface area contributed by atoms with Gasteiger partial charge in [-0.05, 0) is 115 Å². The lowest BCUT2D eigenvalue weighted by Crippen LogP contribution is -2.33. The molecular formula is C55H39FN2. The lowest BCUT2D eigenvalue weighted by atomic mass is 9.65. The van der Waals surface area contributed by atoms with Crippen LogP contribution in [0.5, 0.6) is 0 Å². The number of nitrogens with zero attached hydrogens (tertiary/aromatic N) is 2. The van der Waals surface area contributed by atoms with E-state index in [4.69, 9.17) is 0 Å². The van der Waals surface area contributed by atoms with E-state index in [0.717, 1.165) is 22.4 Å². The molecule has 3 heteroatoms. The zero-order valence-corrected chi connectivity index (χ0v) is 32.6. The van der Waals surface area contributed by atoms with Crippen LogP contribution in [-0.2, 0) is 10.8 Å². The minimum Gasteiger partial charge on any atom is -0.310 e. The van der Waals surface area contributed by atoms with Gasteiger partial charge >= 0.3 is 0 Å². The van der Waals surface area contributed by atoms with E-state index in [1.807, 2.05) is 12.1 Å². The van der Waals surface area contributed by atoms with Crippen LogP contribution in [-0.4, -0.2) is 4.57 Å². The van der Waals surface area contributed by atoms with Crippen molar-refractivity contribution in [2.75, 3.05) is 4.90 Å². The zero-order chi connectivity index (χ0) is 38.9. The summed E-state index contributed by atoms with van der Waals surface area (Å²) in [5.74, 6) is -0.255.